The molecule has 0 aliphatic heterocycles. The van der Waals surface area contributed by atoms with Crippen molar-refractivity contribution in [2.75, 3.05) is 11.1 Å². The van der Waals surface area contributed by atoms with Gasteiger partial charge in [0, 0.05) is 28.6 Å². The number of carbonyl (C=O) groups is 4. The molecule has 4 rings (SSSR count). The molecule has 0 saturated carbocycles. The first-order valence-electron chi connectivity index (χ1n) is 14.1. The molecule has 0 aromatic heterocycles. The van der Waals surface area contributed by atoms with Crippen LogP contribution in [0.1, 0.15) is 11.1 Å². The predicted molar refractivity (Wildman–Crippen MR) is 210 cm³/mol. The molecule has 0 bridgehead atoms. The molecule has 0 aliphatic rings. The van der Waals surface area contributed by atoms with Gasteiger partial charge in [0.25, 0.3) is 7.41 Å². The van der Waals surface area contributed by atoms with E-state index >= 15 is 0 Å². The van der Waals surface area contributed by atoms with Crippen LogP contribution in [-0.2, 0) is 32.0 Å². The van der Waals surface area contributed by atoms with Crippen molar-refractivity contribution >= 4 is 119 Å². The zero-order valence-electron chi connectivity index (χ0n) is 25.0. The minimum absolute atomic E-state index is 0.226. The van der Waals surface area contributed by atoms with Crippen molar-refractivity contribution in [1.82, 2.24) is 5.23 Å². The van der Waals surface area contributed by atoms with E-state index in [4.69, 9.17) is 34.0 Å². The molecule has 0 unspecified atom stereocenters. The van der Waals surface area contributed by atoms with E-state index in [1.807, 2.05) is 72.8 Å². The zero-order chi connectivity index (χ0) is 34.6. The highest BCUT2D eigenvalue weighted by Gasteiger charge is 2.20. The Balaban J connectivity index is 0.000000275. The van der Waals surface area contributed by atoms with Crippen molar-refractivity contribution in [2.45, 2.75) is 25.2 Å². The van der Waals surface area contributed by atoms with Crippen molar-refractivity contribution in [1.29, 1.82) is 0 Å². The van der Waals surface area contributed by atoms with Gasteiger partial charge in [0.15, 0.2) is 7.28 Å². The van der Waals surface area contributed by atoms with Crippen molar-refractivity contribution in [3.8, 4) is 0 Å². The van der Waals surface area contributed by atoms with Gasteiger partial charge in [-0.25, -0.2) is 0 Å². The summed E-state index contributed by atoms with van der Waals surface area (Å²) in [5, 5.41) is 15.8. The number of nitrogens with one attached hydrogen (secondary N) is 2. The highest BCUT2D eigenvalue weighted by molar-refractivity contribution is 14.1. The number of nitrogen functional groups attached to an aromatic ring is 1. The van der Waals surface area contributed by atoms with Gasteiger partial charge in [0.2, 0.25) is 5.91 Å². The molecule has 14 heteroatoms. The second-order valence-corrected chi connectivity index (χ2v) is 13.1. The Morgan fingerprint density at radius 2 is 1.30 bits per heavy atom. The van der Waals surface area contributed by atoms with Gasteiger partial charge in [-0.3, -0.25) is 9.59 Å². The molecule has 242 valence electrons. The van der Waals surface area contributed by atoms with E-state index in [2.05, 4.69) is 55.7 Å². The second kappa shape index (κ2) is 22.6. The third kappa shape index (κ3) is 16.2. The normalized spacial score (nSPS) is 11.2. The van der Waals surface area contributed by atoms with E-state index in [0.29, 0.717) is 40.9 Å². The Labute approximate surface area is 313 Å². The van der Waals surface area contributed by atoms with E-state index in [0.717, 1.165) is 20.4 Å². The number of carbonyl (C=O) groups excluding carboxylic acids is 3. The third-order valence-electron chi connectivity index (χ3n) is 6.34. The fraction of sp³-hybridized carbons (Fsp3) is 0.152. The first-order chi connectivity index (χ1) is 22.5. The largest absolute Gasteiger partial charge is 0.481 e. The molecule has 0 heterocycles. The lowest BCUT2D eigenvalue weighted by molar-refractivity contribution is -0.141. The third-order valence-corrected chi connectivity index (χ3v) is 8.51. The molecule has 8 nitrogen and oxygen atoms in total. The summed E-state index contributed by atoms with van der Waals surface area (Å²) in [7, 11) is 2.53. The van der Waals surface area contributed by atoms with E-state index in [9.17, 15) is 19.2 Å². The number of benzene rings is 4. The fourth-order valence-corrected chi connectivity index (χ4v) is 5.06. The lowest BCUT2D eigenvalue weighted by Crippen LogP contribution is -2.44. The summed E-state index contributed by atoms with van der Waals surface area (Å²) in [6.07, 6.45) is 2.16. The molecule has 2 atom stereocenters. The van der Waals surface area contributed by atoms with Crippen LogP contribution in [0.2, 0.25) is 16.4 Å². The number of carboxylic acid groups (broad SMARTS) is 1. The summed E-state index contributed by atoms with van der Waals surface area (Å²) in [5.41, 5.74) is 8.57. The van der Waals surface area contributed by atoms with E-state index in [1.54, 1.807) is 24.3 Å². The van der Waals surface area contributed by atoms with Gasteiger partial charge < -0.3 is 31.0 Å². The Kier molecular flexibility index (Phi) is 19.4. The summed E-state index contributed by atoms with van der Waals surface area (Å²) in [5.74, 6) is -1.76. The summed E-state index contributed by atoms with van der Waals surface area (Å²) >= 11 is 16.5. The molecule has 2 radical (unpaired) electrons. The molecule has 1 amide bonds. The van der Waals surface area contributed by atoms with Gasteiger partial charge in [-0.05, 0) is 130 Å². The first kappa shape index (κ1) is 40.3. The van der Waals surface area contributed by atoms with Crippen LogP contribution < -0.4 is 16.3 Å². The smallest absolute Gasteiger partial charge is 0.306 e. The highest BCUT2D eigenvalue weighted by atomic mass is 127. The second-order valence-electron chi connectivity index (χ2n) is 9.80. The van der Waals surface area contributed by atoms with Gasteiger partial charge in [-0.2, -0.15) is 0 Å². The monoisotopic (exact) mass is 895 g/mol. The quantitative estimate of drug-likeness (QED) is 0.0510. The number of amides is 1. The number of nitrogens with two attached hydrogens (primary N) is 1. The van der Waals surface area contributed by atoms with Crippen LogP contribution in [0.25, 0.3) is 0 Å². The molecule has 4 aromatic rings. The molecule has 0 spiro atoms. The maximum Gasteiger partial charge on any atom is 0.306 e. The van der Waals surface area contributed by atoms with Crippen LogP contribution in [0.15, 0.2) is 97.1 Å². The van der Waals surface area contributed by atoms with Crippen LogP contribution in [0.4, 0.5) is 11.4 Å². The maximum atomic E-state index is 12.5. The van der Waals surface area contributed by atoms with Crippen molar-refractivity contribution < 1.29 is 24.3 Å². The molecule has 5 N–H and O–H groups in total. The van der Waals surface area contributed by atoms with Gasteiger partial charge in [0.1, 0.15) is 0 Å². The van der Waals surface area contributed by atoms with Crippen LogP contribution in [0, 0.1) is 13.1 Å². The number of carboxylic acids is 1. The molecule has 47 heavy (non-hydrogen) atoms. The van der Waals surface area contributed by atoms with E-state index in [1.165, 1.54) is 18.3 Å². The summed E-state index contributed by atoms with van der Waals surface area (Å²) in [6, 6.07) is 29.1. The molecule has 0 saturated heterocycles. The van der Waals surface area contributed by atoms with Crippen LogP contribution in [0.3, 0.4) is 0 Å². The highest BCUT2D eigenvalue weighted by Crippen LogP contribution is 2.21. The summed E-state index contributed by atoms with van der Waals surface area (Å²) < 4.78 is 2.30. The zero-order valence-corrected chi connectivity index (χ0v) is 30.8. The lowest BCUT2D eigenvalue weighted by atomic mass is 9.70. The minimum Gasteiger partial charge on any atom is -0.481 e. The molecule has 4 aromatic carbocycles. The van der Waals surface area contributed by atoms with E-state index < -0.39 is 17.9 Å². The predicted octanol–water partition coefficient (Wildman–Crippen LogP) is 6.66. The molecular formula is C33H31B2Cl2I2N3O5. The SMILES string of the molecule is Nc1ccc(I)cc1.O=C[B]C[C@@H](Cc1ccccc1Cl)C(=O)O.O=C[B]N[C@@H](Cc1ccccc1Cl)C(=O)Nc1ccc(I)cc1. The van der Waals surface area contributed by atoms with Crippen LogP contribution in [0.5, 0.6) is 0 Å². The summed E-state index contributed by atoms with van der Waals surface area (Å²) in [6.45, 7) is 0. The number of hydrogen-bond acceptors (Lipinski definition) is 6. The standard InChI is InChI=1S/C16H14BClIN2O2.C11H11BClO3.C6H6IN/c18-14-4-2-1-3-11(14)9-15(21-17-10-22)16(23)20-13-7-5-12(19)6-8-13;13-10-4-2-1-3-8(10)5-9(11(15)16)6-12-7-14;7-5-1-3-6(8)4-2-5/h1-8,10,15,21H,9H2,(H,20,23);1-4,7,9H,5-6H2,(H,15,16);1-4H,8H2/t15-;9-;/m01./s1. The maximum absolute atomic E-state index is 12.5. The van der Waals surface area contributed by atoms with Gasteiger partial charge in [0.05, 0.1) is 24.3 Å². The molecule has 0 aliphatic carbocycles. The lowest BCUT2D eigenvalue weighted by Gasteiger charge is -2.18. The number of aliphatic carboxylic acids is 1. The Morgan fingerprint density at radius 3 is 1.77 bits per heavy atom. The Bertz CT molecular complexity index is 1560. The number of rotatable bonds is 13. The van der Waals surface area contributed by atoms with Gasteiger partial charge in [-0.1, -0.05) is 65.9 Å². The fourth-order valence-electron chi connectivity index (χ4n) is 3.91. The number of anilines is 2. The van der Waals surface area contributed by atoms with Crippen LogP contribution >= 0.6 is 68.4 Å². The number of halogens is 4. The minimum atomic E-state index is -0.919. The average molecular weight is 896 g/mol. The van der Waals surface area contributed by atoms with Gasteiger partial charge in [-0.15, -0.1) is 0 Å². The first-order valence-corrected chi connectivity index (χ1v) is 17.0. The number of hydrogen-bond donors (Lipinski definition) is 4. The van der Waals surface area contributed by atoms with Crippen molar-refractivity contribution in [3.63, 3.8) is 0 Å². The van der Waals surface area contributed by atoms with Crippen molar-refractivity contribution in [2.24, 2.45) is 5.92 Å². The molecular weight excluding hydrogens is 865 g/mol. The summed E-state index contributed by atoms with van der Waals surface area (Å²) in [4.78, 5) is 44.2. The van der Waals surface area contributed by atoms with Crippen LogP contribution in [-0.4, -0.2) is 50.1 Å². The average Bonchev–Trinajstić information content (AvgIpc) is 3.06. The Morgan fingerprint density at radius 1 is 0.787 bits per heavy atom. The van der Waals surface area contributed by atoms with Crippen molar-refractivity contribution in [3.05, 3.63) is 125 Å². The topological polar surface area (TPSA) is 139 Å². The molecule has 0 fully saturated rings. The van der Waals surface area contributed by atoms with Gasteiger partial charge >= 0.3 is 5.97 Å². The van der Waals surface area contributed by atoms with E-state index in [-0.39, 0.29) is 12.2 Å². The Hall–Kier alpha value is -2.91.